The molecular weight excluding hydrogens is 663 g/mol. The maximum Gasteiger partial charge on any atom is 0.227 e. The van der Waals surface area contributed by atoms with Crippen LogP contribution in [-0.2, 0) is 0 Å². The molecule has 254 valence electrons. The van der Waals surface area contributed by atoms with Crippen LogP contribution in [0.15, 0.2) is 197 Å². The molecule has 0 radical (unpaired) electrons. The van der Waals surface area contributed by atoms with Crippen LogP contribution in [0.2, 0.25) is 0 Å². The Morgan fingerprint density at radius 2 is 1.09 bits per heavy atom. The van der Waals surface area contributed by atoms with Gasteiger partial charge in [-0.05, 0) is 96.1 Å². The van der Waals surface area contributed by atoms with Gasteiger partial charge in [0.15, 0.2) is 5.58 Å². The third-order valence-electron chi connectivity index (χ3n) is 10.4. The maximum atomic E-state index is 6.31. The number of para-hydroxylation sites is 3. The van der Waals surface area contributed by atoms with Crippen molar-refractivity contribution in [3.05, 3.63) is 188 Å². The highest BCUT2D eigenvalue weighted by Crippen LogP contribution is 2.44. The van der Waals surface area contributed by atoms with Crippen LogP contribution in [0.25, 0.3) is 83.1 Å². The van der Waals surface area contributed by atoms with Gasteiger partial charge in [0, 0.05) is 50.2 Å². The molecule has 0 aliphatic carbocycles. The first-order valence-corrected chi connectivity index (χ1v) is 18.1. The van der Waals surface area contributed by atoms with Crippen LogP contribution >= 0.6 is 0 Å². The molecule has 11 aromatic rings. The number of rotatable bonds is 6. The Labute approximate surface area is 310 Å². The molecule has 3 heterocycles. The molecule has 0 atom stereocenters. The first-order valence-electron chi connectivity index (χ1n) is 18.1. The number of hydrogen-bond acceptors (Lipinski definition) is 4. The molecule has 0 N–H and O–H groups in total. The van der Waals surface area contributed by atoms with Gasteiger partial charge in [-0.3, -0.25) is 0 Å². The Hall–Kier alpha value is -7.37. The predicted molar refractivity (Wildman–Crippen MR) is 221 cm³/mol. The number of fused-ring (bicyclic) bond motifs is 7. The number of oxazole rings is 1. The van der Waals surface area contributed by atoms with E-state index >= 15 is 0 Å². The summed E-state index contributed by atoms with van der Waals surface area (Å²) in [5.74, 6) is 0.603. The van der Waals surface area contributed by atoms with Gasteiger partial charge in [0.05, 0.1) is 16.7 Å². The minimum atomic E-state index is 0.603. The lowest BCUT2D eigenvalue weighted by Crippen LogP contribution is -2.10. The quantitative estimate of drug-likeness (QED) is 0.174. The van der Waals surface area contributed by atoms with E-state index in [1.807, 2.05) is 36.4 Å². The van der Waals surface area contributed by atoms with Crippen molar-refractivity contribution >= 4 is 71.9 Å². The summed E-state index contributed by atoms with van der Waals surface area (Å²) in [4.78, 5) is 7.18. The van der Waals surface area contributed by atoms with E-state index in [4.69, 9.17) is 13.8 Å². The molecule has 0 bridgehead atoms. The van der Waals surface area contributed by atoms with Crippen LogP contribution in [0.4, 0.5) is 17.1 Å². The Morgan fingerprint density at radius 1 is 0.426 bits per heavy atom. The lowest BCUT2D eigenvalue weighted by Gasteiger charge is -2.26. The summed E-state index contributed by atoms with van der Waals surface area (Å²) in [6, 6.07) is 65.8. The molecule has 0 saturated heterocycles. The van der Waals surface area contributed by atoms with E-state index in [0.717, 1.165) is 72.4 Å². The second kappa shape index (κ2) is 12.1. The van der Waals surface area contributed by atoms with Crippen molar-refractivity contribution < 1.29 is 8.83 Å². The maximum absolute atomic E-state index is 6.31. The highest BCUT2D eigenvalue weighted by atomic mass is 16.4. The van der Waals surface area contributed by atoms with Crippen LogP contribution in [0.3, 0.4) is 0 Å². The lowest BCUT2D eigenvalue weighted by atomic mass is 10.0. The van der Waals surface area contributed by atoms with Gasteiger partial charge in [-0.2, -0.15) is 0 Å². The van der Waals surface area contributed by atoms with Crippen LogP contribution in [-0.4, -0.2) is 9.55 Å². The van der Waals surface area contributed by atoms with Crippen molar-refractivity contribution in [2.75, 3.05) is 4.90 Å². The zero-order chi connectivity index (χ0) is 35.6. The summed E-state index contributed by atoms with van der Waals surface area (Å²) < 4.78 is 14.8. The van der Waals surface area contributed by atoms with Crippen molar-refractivity contribution in [1.29, 1.82) is 0 Å². The summed E-state index contributed by atoms with van der Waals surface area (Å²) >= 11 is 0. The molecule has 11 rings (SSSR count). The van der Waals surface area contributed by atoms with Crippen molar-refractivity contribution in [3.63, 3.8) is 0 Å². The zero-order valence-electron chi connectivity index (χ0n) is 29.1. The van der Waals surface area contributed by atoms with Gasteiger partial charge in [-0.25, -0.2) is 4.98 Å². The van der Waals surface area contributed by atoms with Crippen LogP contribution in [0.5, 0.6) is 0 Å². The summed E-state index contributed by atoms with van der Waals surface area (Å²) in [6.45, 7) is 0. The number of furan rings is 1. The van der Waals surface area contributed by atoms with E-state index < -0.39 is 0 Å². The van der Waals surface area contributed by atoms with Crippen molar-refractivity contribution in [2.45, 2.75) is 0 Å². The van der Waals surface area contributed by atoms with Gasteiger partial charge in [0.25, 0.3) is 0 Å². The Morgan fingerprint density at radius 3 is 1.91 bits per heavy atom. The summed E-state index contributed by atoms with van der Waals surface area (Å²) in [6.07, 6.45) is 0. The molecule has 5 heteroatoms. The van der Waals surface area contributed by atoms with Crippen molar-refractivity contribution in [1.82, 2.24) is 9.55 Å². The SMILES string of the molecule is c1ccc(-c2nc3cc4c(cc3o2)oc2ccc(-c3ccc(N(c5ccccc5)c5cccc6c5c5ccccc5n6-c5ccccc5)cc3)cc24)cc1. The molecule has 0 amide bonds. The molecular formula is C49H31N3O2. The van der Waals surface area contributed by atoms with Gasteiger partial charge in [0.1, 0.15) is 16.7 Å². The molecule has 54 heavy (non-hydrogen) atoms. The van der Waals surface area contributed by atoms with E-state index in [1.165, 1.54) is 16.3 Å². The fourth-order valence-corrected chi connectivity index (χ4v) is 7.93. The Bertz CT molecular complexity index is 3140. The minimum Gasteiger partial charge on any atom is -0.456 e. The fourth-order valence-electron chi connectivity index (χ4n) is 7.93. The molecule has 8 aromatic carbocycles. The van der Waals surface area contributed by atoms with Crippen molar-refractivity contribution in [3.8, 4) is 28.3 Å². The first kappa shape index (κ1) is 30.3. The van der Waals surface area contributed by atoms with Gasteiger partial charge in [0.2, 0.25) is 5.89 Å². The van der Waals surface area contributed by atoms with Crippen LogP contribution in [0, 0.1) is 0 Å². The topological polar surface area (TPSA) is 47.3 Å². The van der Waals surface area contributed by atoms with Crippen molar-refractivity contribution in [2.24, 2.45) is 0 Å². The molecule has 0 fully saturated rings. The van der Waals surface area contributed by atoms with Crippen LogP contribution in [0.1, 0.15) is 0 Å². The molecule has 0 aliphatic rings. The number of aromatic nitrogens is 2. The third kappa shape index (κ3) is 4.83. The van der Waals surface area contributed by atoms with Gasteiger partial charge >= 0.3 is 0 Å². The summed E-state index contributed by atoms with van der Waals surface area (Å²) in [7, 11) is 0. The van der Waals surface area contributed by atoms with E-state index in [2.05, 4.69) is 161 Å². The summed E-state index contributed by atoms with van der Waals surface area (Å²) in [5.41, 5.74) is 13.1. The Kier molecular flexibility index (Phi) is 6.79. The average Bonchev–Trinajstić information content (AvgIpc) is 3.92. The average molecular weight is 694 g/mol. The second-order valence-electron chi connectivity index (χ2n) is 13.6. The summed E-state index contributed by atoms with van der Waals surface area (Å²) in [5, 5.41) is 4.48. The van der Waals surface area contributed by atoms with E-state index in [9.17, 15) is 0 Å². The molecule has 3 aromatic heterocycles. The molecule has 0 spiro atoms. The lowest BCUT2D eigenvalue weighted by molar-refractivity contribution is 0.617. The molecule has 5 nitrogen and oxygen atoms in total. The van der Waals surface area contributed by atoms with Crippen LogP contribution < -0.4 is 4.90 Å². The number of hydrogen-bond donors (Lipinski definition) is 0. The highest BCUT2D eigenvalue weighted by Gasteiger charge is 2.21. The number of anilines is 3. The Balaban J connectivity index is 1.02. The monoisotopic (exact) mass is 693 g/mol. The number of benzene rings is 8. The predicted octanol–water partition coefficient (Wildman–Crippen LogP) is 13.6. The van der Waals surface area contributed by atoms with E-state index in [1.54, 1.807) is 0 Å². The standard InChI is InChI=1S/C49H31N3O2/c1-4-13-33(14-5-1)49-50-41-30-40-39-29-34(25-28-45(39)53-46(40)31-47(41)54-49)32-23-26-37(27-24-32)51(35-15-6-2-7-16-35)43-21-12-22-44-48(43)38-19-10-11-20-42(38)52(44)36-17-8-3-9-18-36/h1-31H. The van der Waals surface area contributed by atoms with Gasteiger partial charge in [-0.15, -0.1) is 0 Å². The number of nitrogens with zero attached hydrogens (tertiary/aromatic N) is 3. The largest absolute Gasteiger partial charge is 0.456 e. The third-order valence-corrected chi connectivity index (χ3v) is 10.4. The van der Waals surface area contributed by atoms with E-state index in [-0.39, 0.29) is 0 Å². The van der Waals surface area contributed by atoms with E-state index in [0.29, 0.717) is 11.5 Å². The minimum absolute atomic E-state index is 0.603. The molecule has 0 unspecified atom stereocenters. The first-order chi connectivity index (χ1) is 26.8. The zero-order valence-corrected chi connectivity index (χ0v) is 29.1. The normalized spacial score (nSPS) is 11.7. The molecule has 0 saturated carbocycles. The highest BCUT2D eigenvalue weighted by molar-refractivity contribution is 6.16. The van der Waals surface area contributed by atoms with Gasteiger partial charge in [-0.1, -0.05) is 97.1 Å². The van der Waals surface area contributed by atoms with Gasteiger partial charge < -0.3 is 18.3 Å². The molecule has 0 aliphatic heterocycles. The fraction of sp³-hybridized carbons (Fsp3) is 0. The second-order valence-corrected chi connectivity index (χ2v) is 13.6. The smallest absolute Gasteiger partial charge is 0.227 e.